The predicted molar refractivity (Wildman–Crippen MR) is 157 cm³/mol. The van der Waals surface area contributed by atoms with E-state index in [1.165, 1.54) is 30.5 Å². The number of nitro groups is 2. The van der Waals surface area contributed by atoms with Crippen LogP contribution in [0.3, 0.4) is 0 Å². The summed E-state index contributed by atoms with van der Waals surface area (Å²) in [7, 11) is 0. The zero-order valence-corrected chi connectivity index (χ0v) is 22.3. The minimum atomic E-state index is -0.482. The van der Waals surface area contributed by atoms with E-state index in [9.17, 15) is 20.2 Å². The van der Waals surface area contributed by atoms with Crippen LogP contribution < -0.4 is 16.1 Å². The number of furan rings is 1. The molecule has 0 aliphatic heterocycles. The molecule has 2 heterocycles. The summed E-state index contributed by atoms with van der Waals surface area (Å²) in [6, 6.07) is 21.1. The van der Waals surface area contributed by atoms with Gasteiger partial charge in [0.15, 0.2) is 0 Å². The second-order valence-corrected chi connectivity index (χ2v) is 9.04. The second kappa shape index (κ2) is 11.9. The summed E-state index contributed by atoms with van der Waals surface area (Å²) in [4.78, 5) is 34.3. The van der Waals surface area contributed by atoms with Gasteiger partial charge < -0.3 is 15.1 Å². The van der Waals surface area contributed by atoms with Gasteiger partial charge in [0.2, 0.25) is 17.8 Å². The van der Waals surface area contributed by atoms with Crippen molar-refractivity contribution in [3.05, 3.63) is 116 Å². The first-order valence-corrected chi connectivity index (χ1v) is 12.5. The van der Waals surface area contributed by atoms with Crippen molar-refractivity contribution in [2.75, 3.05) is 16.1 Å². The normalized spacial score (nSPS) is 10.9. The standard InChI is InChI=1S/C28H23N9O5/c1-17-6-7-21(14-18(17)2)31-27-32-26(30-20-8-10-22(11-9-20)36(38)39)33-28(34-27)35-29-16-24-12-13-25(42-24)19-4-3-5-23(15-19)37(40)41/h3-16H,1-2H3,(H3,30,31,32,33,34,35). The quantitative estimate of drug-likeness (QED) is 0.0953. The highest BCUT2D eigenvalue weighted by Gasteiger charge is 2.11. The first-order valence-electron chi connectivity index (χ1n) is 12.5. The number of hydrogen-bond donors (Lipinski definition) is 3. The second-order valence-electron chi connectivity index (χ2n) is 9.04. The van der Waals surface area contributed by atoms with Crippen molar-refractivity contribution in [3.8, 4) is 11.3 Å². The number of rotatable bonds is 10. The van der Waals surface area contributed by atoms with Gasteiger partial charge in [0, 0.05) is 41.2 Å². The summed E-state index contributed by atoms with van der Waals surface area (Å²) in [5.41, 5.74) is 6.74. The van der Waals surface area contributed by atoms with Gasteiger partial charge in [-0.25, -0.2) is 5.43 Å². The van der Waals surface area contributed by atoms with Crippen LogP contribution in [0.15, 0.2) is 88.4 Å². The number of aromatic nitrogens is 3. The highest BCUT2D eigenvalue weighted by atomic mass is 16.6. The molecule has 0 saturated heterocycles. The van der Waals surface area contributed by atoms with Crippen molar-refractivity contribution in [1.29, 1.82) is 0 Å². The lowest BCUT2D eigenvalue weighted by molar-refractivity contribution is -0.385. The van der Waals surface area contributed by atoms with Crippen LogP contribution in [0.2, 0.25) is 0 Å². The van der Waals surface area contributed by atoms with Crippen LogP contribution in [0.4, 0.5) is 40.6 Å². The van der Waals surface area contributed by atoms with Gasteiger partial charge in [-0.3, -0.25) is 20.2 Å². The number of nitrogens with one attached hydrogen (secondary N) is 3. The van der Waals surface area contributed by atoms with E-state index in [2.05, 4.69) is 36.1 Å². The fourth-order valence-electron chi connectivity index (χ4n) is 3.79. The van der Waals surface area contributed by atoms with E-state index in [1.807, 2.05) is 32.0 Å². The van der Waals surface area contributed by atoms with Crippen molar-refractivity contribution in [2.45, 2.75) is 13.8 Å². The van der Waals surface area contributed by atoms with E-state index >= 15 is 0 Å². The van der Waals surface area contributed by atoms with E-state index < -0.39 is 9.85 Å². The third kappa shape index (κ3) is 6.69. The molecule has 2 aromatic heterocycles. The summed E-state index contributed by atoms with van der Waals surface area (Å²) in [5, 5.41) is 32.4. The molecular formula is C28H23N9O5. The smallest absolute Gasteiger partial charge is 0.270 e. The average Bonchev–Trinajstić information content (AvgIpc) is 3.44. The fraction of sp³-hybridized carbons (Fsp3) is 0.0714. The molecule has 14 nitrogen and oxygen atoms in total. The molecule has 3 aromatic carbocycles. The van der Waals surface area contributed by atoms with Crippen LogP contribution in [-0.2, 0) is 0 Å². The Hall–Kier alpha value is -6.18. The number of hydrazone groups is 1. The number of benzene rings is 3. The van der Waals surface area contributed by atoms with Crippen LogP contribution in [0.5, 0.6) is 0 Å². The van der Waals surface area contributed by atoms with Crippen molar-refractivity contribution in [1.82, 2.24) is 15.0 Å². The molecule has 0 saturated carbocycles. The molecule has 0 fully saturated rings. The minimum absolute atomic E-state index is 0.0426. The van der Waals surface area contributed by atoms with Crippen molar-refractivity contribution < 1.29 is 14.3 Å². The van der Waals surface area contributed by atoms with Gasteiger partial charge in [-0.15, -0.1) is 0 Å². The van der Waals surface area contributed by atoms with Crippen LogP contribution in [0, 0.1) is 34.1 Å². The van der Waals surface area contributed by atoms with Gasteiger partial charge >= 0.3 is 0 Å². The highest BCUT2D eigenvalue weighted by molar-refractivity contribution is 5.78. The van der Waals surface area contributed by atoms with Crippen molar-refractivity contribution in [3.63, 3.8) is 0 Å². The van der Waals surface area contributed by atoms with Crippen LogP contribution in [0.1, 0.15) is 16.9 Å². The molecule has 0 radical (unpaired) electrons. The molecule has 0 aliphatic rings. The summed E-state index contributed by atoms with van der Waals surface area (Å²) in [6.07, 6.45) is 1.41. The molecule has 210 valence electrons. The number of hydrogen-bond acceptors (Lipinski definition) is 12. The molecule has 3 N–H and O–H groups in total. The topological polar surface area (TPSA) is 187 Å². The summed E-state index contributed by atoms with van der Waals surface area (Å²) in [6.45, 7) is 4.01. The van der Waals surface area contributed by atoms with E-state index in [0.717, 1.165) is 16.8 Å². The van der Waals surface area contributed by atoms with Gasteiger partial charge in [0.1, 0.15) is 11.5 Å². The molecule has 42 heavy (non-hydrogen) atoms. The van der Waals surface area contributed by atoms with Gasteiger partial charge in [-0.1, -0.05) is 18.2 Å². The molecule has 0 unspecified atom stereocenters. The molecule has 0 aliphatic carbocycles. The van der Waals surface area contributed by atoms with Crippen LogP contribution in [0.25, 0.3) is 11.3 Å². The molecule has 0 atom stereocenters. The lowest BCUT2D eigenvalue weighted by Gasteiger charge is -2.11. The lowest BCUT2D eigenvalue weighted by atomic mass is 10.1. The largest absolute Gasteiger partial charge is 0.455 e. The zero-order chi connectivity index (χ0) is 29.6. The Morgan fingerprint density at radius 2 is 1.40 bits per heavy atom. The monoisotopic (exact) mass is 565 g/mol. The van der Waals surface area contributed by atoms with Crippen LogP contribution in [-0.4, -0.2) is 31.0 Å². The Morgan fingerprint density at radius 3 is 2.10 bits per heavy atom. The Bertz CT molecular complexity index is 1800. The first-order chi connectivity index (χ1) is 20.2. The number of nitrogens with zero attached hydrogens (tertiary/aromatic N) is 6. The maximum atomic E-state index is 11.1. The summed E-state index contributed by atoms with van der Waals surface area (Å²) in [5.74, 6) is 1.31. The Balaban J connectivity index is 1.36. The van der Waals surface area contributed by atoms with E-state index in [1.54, 1.807) is 36.4 Å². The van der Waals surface area contributed by atoms with Crippen LogP contribution >= 0.6 is 0 Å². The third-order valence-electron chi connectivity index (χ3n) is 6.06. The van der Waals surface area contributed by atoms with Gasteiger partial charge in [0.05, 0.1) is 16.1 Å². The molecule has 0 bridgehead atoms. The molecule has 0 spiro atoms. The first kappa shape index (κ1) is 27.4. The Labute approximate surface area is 238 Å². The molecular weight excluding hydrogens is 542 g/mol. The number of anilines is 5. The number of aryl methyl sites for hydroxylation is 2. The van der Waals surface area contributed by atoms with Crippen molar-refractivity contribution >= 4 is 46.8 Å². The van der Waals surface area contributed by atoms with E-state index in [4.69, 9.17) is 4.42 Å². The van der Waals surface area contributed by atoms with Gasteiger partial charge in [-0.05, 0) is 61.4 Å². The fourth-order valence-corrected chi connectivity index (χ4v) is 3.79. The van der Waals surface area contributed by atoms with E-state index in [0.29, 0.717) is 22.8 Å². The maximum absolute atomic E-state index is 11.1. The molecule has 5 rings (SSSR count). The predicted octanol–water partition coefficient (Wildman–Crippen LogP) is 6.50. The molecule has 5 aromatic rings. The third-order valence-corrected chi connectivity index (χ3v) is 6.06. The number of non-ortho nitro benzene ring substituents is 2. The van der Waals surface area contributed by atoms with Gasteiger partial charge in [0.25, 0.3) is 11.4 Å². The maximum Gasteiger partial charge on any atom is 0.270 e. The SMILES string of the molecule is Cc1ccc(Nc2nc(NN=Cc3ccc(-c4cccc([N+](=O)[O-])c4)o3)nc(Nc3ccc([N+](=O)[O-])cc3)n2)cc1C. The highest BCUT2D eigenvalue weighted by Crippen LogP contribution is 2.26. The lowest BCUT2D eigenvalue weighted by Crippen LogP contribution is -2.07. The van der Waals surface area contributed by atoms with E-state index in [-0.39, 0.29) is 29.2 Å². The minimum Gasteiger partial charge on any atom is -0.455 e. The molecule has 14 heteroatoms. The number of nitro benzene ring substituents is 2. The Kier molecular flexibility index (Phi) is 7.77. The average molecular weight is 566 g/mol. The zero-order valence-electron chi connectivity index (χ0n) is 22.3. The summed E-state index contributed by atoms with van der Waals surface area (Å²) >= 11 is 0. The van der Waals surface area contributed by atoms with Crippen molar-refractivity contribution in [2.24, 2.45) is 5.10 Å². The summed E-state index contributed by atoms with van der Waals surface area (Å²) < 4.78 is 5.76. The van der Waals surface area contributed by atoms with Gasteiger partial charge in [-0.2, -0.15) is 20.1 Å². The Morgan fingerprint density at radius 1 is 0.738 bits per heavy atom. The molecule has 0 amide bonds.